The maximum absolute atomic E-state index is 13.5. The highest BCUT2D eigenvalue weighted by Crippen LogP contribution is 2.41. The fraction of sp³-hybridized carbons (Fsp3) is 0.111. The summed E-state index contributed by atoms with van der Waals surface area (Å²) in [5.41, 5.74) is 0.133. The second-order valence-electron chi connectivity index (χ2n) is 5.53. The van der Waals surface area contributed by atoms with Crippen molar-refractivity contribution < 1.29 is 27.9 Å². The number of carboxylic acids is 1. The predicted octanol–water partition coefficient (Wildman–Crippen LogP) is 4.53. The zero-order valence-corrected chi connectivity index (χ0v) is 13.9. The first-order chi connectivity index (χ1) is 12.3. The second-order valence-corrected chi connectivity index (χ2v) is 6.67. The standard InChI is InChI=1S/C18H12F3NO3S/c19-18(20,21)15-7-12(10-1-3-11(4-2-10)17(24)25)5-13-6-14(8-22-9-23)26-16(13)15/h1-7,9H,8H2,(H,22,23)(H,24,25). The van der Waals surface area contributed by atoms with Crippen LogP contribution in [0.5, 0.6) is 0 Å². The van der Waals surface area contributed by atoms with Crippen molar-refractivity contribution in [2.75, 3.05) is 0 Å². The van der Waals surface area contributed by atoms with E-state index in [-0.39, 0.29) is 16.8 Å². The molecule has 0 aliphatic rings. The molecule has 8 heteroatoms. The van der Waals surface area contributed by atoms with E-state index in [0.717, 1.165) is 17.4 Å². The molecule has 2 N–H and O–H groups in total. The predicted molar refractivity (Wildman–Crippen MR) is 92.1 cm³/mol. The third kappa shape index (κ3) is 3.55. The molecule has 0 spiro atoms. The van der Waals surface area contributed by atoms with Crippen LogP contribution in [-0.4, -0.2) is 17.5 Å². The Bertz CT molecular complexity index is 978. The molecule has 3 aromatic rings. The van der Waals surface area contributed by atoms with Crippen LogP contribution in [0, 0.1) is 0 Å². The number of aromatic carboxylic acids is 1. The van der Waals surface area contributed by atoms with Crippen LogP contribution in [0.25, 0.3) is 21.2 Å². The van der Waals surface area contributed by atoms with Crippen molar-refractivity contribution in [2.24, 2.45) is 0 Å². The van der Waals surface area contributed by atoms with E-state index in [0.29, 0.717) is 27.8 Å². The number of alkyl halides is 3. The normalized spacial score (nSPS) is 11.5. The fourth-order valence-electron chi connectivity index (χ4n) is 2.62. The van der Waals surface area contributed by atoms with Gasteiger partial charge in [0.25, 0.3) is 0 Å². The molecule has 0 bridgehead atoms. The van der Waals surface area contributed by atoms with E-state index >= 15 is 0 Å². The quantitative estimate of drug-likeness (QED) is 0.640. The van der Waals surface area contributed by atoms with Gasteiger partial charge in [0.15, 0.2) is 0 Å². The van der Waals surface area contributed by atoms with Crippen molar-refractivity contribution in [3.63, 3.8) is 0 Å². The highest BCUT2D eigenvalue weighted by Gasteiger charge is 2.34. The molecule has 134 valence electrons. The van der Waals surface area contributed by atoms with Gasteiger partial charge in [-0.25, -0.2) is 4.79 Å². The van der Waals surface area contributed by atoms with Gasteiger partial charge in [0, 0.05) is 9.58 Å². The summed E-state index contributed by atoms with van der Waals surface area (Å²) in [6, 6.07) is 9.95. The van der Waals surface area contributed by atoms with E-state index in [1.165, 1.54) is 24.3 Å². The van der Waals surface area contributed by atoms with Gasteiger partial charge >= 0.3 is 12.1 Å². The number of thiophene rings is 1. The highest BCUT2D eigenvalue weighted by molar-refractivity contribution is 7.19. The van der Waals surface area contributed by atoms with E-state index in [1.54, 1.807) is 12.1 Å². The second kappa shape index (κ2) is 6.80. The number of hydrogen-bond acceptors (Lipinski definition) is 3. The molecular formula is C18H12F3NO3S. The van der Waals surface area contributed by atoms with E-state index in [2.05, 4.69) is 5.32 Å². The smallest absolute Gasteiger partial charge is 0.417 e. The molecule has 0 aliphatic heterocycles. The van der Waals surface area contributed by atoms with Gasteiger partial charge in [-0.2, -0.15) is 13.2 Å². The summed E-state index contributed by atoms with van der Waals surface area (Å²) in [4.78, 5) is 21.9. The van der Waals surface area contributed by atoms with Crippen LogP contribution in [0.4, 0.5) is 13.2 Å². The van der Waals surface area contributed by atoms with Crippen molar-refractivity contribution in [1.29, 1.82) is 0 Å². The molecule has 0 fully saturated rings. The molecule has 1 heterocycles. The van der Waals surface area contributed by atoms with Crippen LogP contribution in [0.15, 0.2) is 42.5 Å². The van der Waals surface area contributed by atoms with Crippen LogP contribution in [0.1, 0.15) is 20.8 Å². The molecule has 0 saturated heterocycles. The minimum Gasteiger partial charge on any atom is -0.478 e. The first-order valence-corrected chi connectivity index (χ1v) is 8.25. The summed E-state index contributed by atoms with van der Waals surface area (Å²) >= 11 is 0.982. The monoisotopic (exact) mass is 379 g/mol. The third-order valence-corrected chi connectivity index (χ3v) is 4.98. The van der Waals surface area contributed by atoms with E-state index < -0.39 is 17.7 Å². The van der Waals surface area contributed by atoms with Gasteiger partial charge in [-0.1, -0.05) is 12.1 Å². The summed E-state index contributed by atoms with van der Waals surface area (Å²) in [7, 11) is 0. The summed E-state index contributed by atoms with van der Waals surface area (Å²) in [5, 5.41) is 11.8. The lowest BCUT2D eigenvalue weighted by molar-refractivity contribution is -0.136. The Morgan fingerprint density at radius 3 is 2.38 bits per heavy atom. The number of carbonyl (C=O) groups is 2. The van der Waals surface area contributed by atoms with Crippen molar-refractivity contribution >= 4 is 33.8 Å². The number of nitrogens with one attached hydrogen (secondary N) is 1. The Balaban J connectivity index is 2.13. The van der Waals surface area contributed by atoms with Crippen LogP contribution in [0.3, 0.4) is 0 Å². The molecule has 26 heavy (non-hydrogen) atoms. The molecule has 0 atom stereocenters. The Labute approximate surface area is 149 Å². The molecular weight excluding hydrogens is 367 g/mol. The molecule has 1 amide bonds. The number of fused-ring (bicyclic) bond motifs is 1. The van der Waals surface area contributed by atoms with Crippen LogP contribution < -0.4 is 5.32 Å². The number of amides is 1. The average Bonchev–Trinajstić information content (AvgIpc) is 3.01. The zero-order valence-electron chi connectivity index (χ0n) is 13.1. The molecule has 0 unspecified atom stereocenters. The zero-order chi connectivity index (χ0) is 18.9. The van der Waals surface area contributed by atoms with E-state index in [4.69, 9.17) is 5.11 Å². The summed E-state index contributed by atoms with van der Waals surface area (Å²) in [5.74, 6) is -1.10. The Morgan fingerprint density at radius 2 is 1.81 bits per heavy atom. The minimum absolute atomic E-state index is 0.0589. The number of carboxylic acid groups (broad SMARTS) is 1. The Kier molecular flexibility index (Phi) is 4.69. The first-order valence-electron chi connectivity index (χ1n) is 7.44. The first kappa shape index (κ1) is 17.9. The van der Waals surface area contributed by atoms with Gasteiger partial charge in [-0.05, 0) is 46.8 Å². The summed E-state index contributed by atoms with van der Waals surface area (Å²) < 4.78 is 40.6. The van der Waals surface area contributed by atoms with Crippen LogP contribution >= 0.6 is 11.3 Å². The van der Waals surface area contributed by atoms with Crippen molar-refractivity contribution in [1.82, 2.24) is 5.32 Å². The van der Waals surface area contributed by atoms with Gasteiger partial charge in [0.2, 0.25) is 6.41 Å². The molecule has 1 aromatic heterocycles. The number of hydrogen-bond donors (Lipinski definition) is 2. The lowest BCUT2D eigenvalue weighted by Gasteiger charge is -2.11. The van der Waals surface area contributed by atoms with Crippen molar-refractivity contribution in [3.8, 4) is 11.1 Å². The van der Waals surface area contributed by atoms with Crippen molar-refractivity contribution in [3.05, 3.63) is 58.5 Å². The maximum atomic E-state index is 13.5. The van der Waals surface area contributed by atoms with Gasteiger partial charge in [0.05, 0.1) is 17.7 Å². The number of rotatable bonds is 5. The molecule has 3 rings (SSSR count). The van der Waals surface area contributed by atoms with E-state index in [1.807, 2.05) is 0 Å². The lowest BCUT2D eigenvalue weighted by atomic mass is 9.99. The van der Waals surface area contributed by atoms with Crippen molar-refractivity contribution in [2.45, 2.75) is 12.7 Å². The third-order valence-electron chi connectivity index (χ3n) is 3.80. The largest absolute Gasteiger partial charge is 0.478 e. The van der Waals surface area contributed by atoms with Gasteiger partial charge in [0.1, 0.15) is 0 Å². The fourth-order valence-corrected chi connectivity index (χ4v) is 3.74. The number of carbonyl (C=O) groups excluding carboxylic acids is 1. The van der Waals surface area contributed by atoms with E-state index in [9.17, 15) is 22.8 Å². The van der Waals surface area contributed by atoms with Gasteiger partial charge in [-0.3, -0.25) is 4.79 Å². The van der Waals surface area contributed by atoms with Gasteiger partial charge < -0.3 is 10.4 Å². The number of halogens is 3. The molecule has 2 aromatic carbocycles. The maximum Gasteiger partial charge on any atom is 0.417 e. The Hall–Kier alpha value is -2.87. The molecule has 0 saturated carbocycles. The number of benzene rings is 2. The van der Waals surface area contributed by atoms with Crippen LogP contribution in [-0.2, 0) is 17.5 Å². The summed E-state index contributed by atoms with van der Waals surface area (Å²) in [6.45, 7) is 0.156. The Morgan fingerprint density at radius 1 is 1.12 bits per heavy atom. The molecule has 4 nitrogen and oxygen atoms in total. The minimum atomic E-state index is -4.53. The lowest BCUT2D eigenvalue weighted by Crippen LogP contribution is -2.07. The van der Waals surface area contributed by atoms with Crippen LogP contribution in [0.2, 0.25) is 0 Å². The van der Waals surface area contributed by atoms with Gasteiger partial charge in [-0.15, -0.1) is 11.3 Å². The molecule has 0 aliphatic carbocycles. The topological polar surface area (TPSA) is 66.4 Å². The highest BCUT2D eigenvalue weighted by atomic mass is 32.1. The summed E-state index contributed by atoms with van der Waals surface area (Å²) in [6.07, 6.45) is -4.04. The molecule has 0 radical (unpaired) electrons. The average molecular weight is 379 g/mol. The SMILES string of the molecule is O=CNCc1cc2cc(-c3ccc(C(=O)O)cc3)cc(C(F)(F)F)c2s1.